The Labute approximate surface area is 109 Å². The zero-order valence-electron chi connectivity index (χ0n) is 9.74. The van der Waals surface area contributed by atoms with E-state index in [1.807, 2.05) is 32.2 Å². The van der Waals surface area contributed by atoms with Gasteiger partial charge in [0.15, 0.2) is 0 Å². The summed E-state index contributed by atoms with van der Waals surface area (Å²) in [7, 11) is 0. The maximum atomic E-state index is 4.32. The van der Waals surface area contributed by atoms with Gasteiger partial charge in [-0.05, 0) is 47.5 Å². The summed E-state index contributed by atoms with van der Waals surface area (Å²) >= 11 is 3.48. The summed E-state index contributed by atoms with van der Waals surface area (Å²) in [6.07, 6.45) is 3.59. The molecule has 0 radical (unpaired) electrons. The van der Waals surface area contributed by atoms with Gasteiger partial charge in [-0.1, -0.05) is 0 Å². The van der Waals surface area contributed by atoms with E-state index in [2.05, 4.69) is 36.2 Å². The summed E-state index contributed by atoms with van der Waals surface area (Å²) < 4.78 is 0.961. The first-order valence-electron chi connectivity index (χ1n) is 5.29. The minimum Gasteiger partial charge on any atom is -0.363 e. The lowest BCUT2D eigenvalue weighted by molar-refractivity contribution is 0.948. The van der Waals surface area contributed by atoms with Crippen molar-refractivity contribution in [2.45, 2.75) is 20.4 Å². The van der Waals surface area contributed by atoms with Crippen molar-refractivity contribution in [3.05, 3.63) is 46.1 Å². The van der Waals surface area contributed by atoms with E-state index >= 15 is 0 Å². The Bertz CT molecular complexity index is 528. The van der Waals surface area contributed by atoms with Crippen LogP contribution in [0, 0.1) is 13.8 Å². The minimum absolute atomic E-state index is 0.637. The average Bonchev–Trinajstić information content (AvgIpc) is 2.28. The standard InChI is InChI=1S/C12H13BrN4/c1-8-5-11(13)12(15-6-8)16-7-10-3-4-14-9(2)17-10/h3-6H,7H2,1-2H3,(H,15,16). The first-order valence-corrected chi connectivity index (χ1v) is 6.09. The van der Waals surface area contributed by atoms with E-state index in [-0.39, 0.29) is 0 Å². The molecule has 2 heterocycles. The second-order valence-corrected chi connectivity index (χ2v) is 4.65. The van der Waals surface area contributed by atoms with Crippen LogP contribution in [0.5, 0.6) is 0 Å². The van der Waals surface area contributed by atoms with E-state index in [0.29, 0.717) is 6.54 Å². The lowest BCUT2D eigenvalue weighted by Crippen LogP contribution is -2.05. The summed E-state index contributed by atoms with van der Waals surface area (Å²) in [6, 6.07) is 3.92. The third-order valence-corrected chi connectivity index (χ3v) is 2.85. The van der Waals surface area contributed by atoms with Crippen molar-refractivity contribution in [2.75, 3.05) is 5.32 Å². The highest BCUT2D eigenvalue weighted by Gasteiger charge is 2.02. The fourth-order valence-corrected chi connectivity index (χ4v) is 2.05. The predicted molar refractivity (Wildman–Crippen MR) is 70.8 cm³/mol. The SMILES string of the molecule is Cc1cnc(NCc2ccnc(C)n2)c(Br)c1. The highest BCUT2D eigenvalue weighted by molar-refractivity contribution is 9.10. The molecule has 1 N–H and O–H groups in total. The minimum atomic E-state index is 0.637. The molecule has 5 heteroatoms. The molecular formula is C12H13BrN4. The van der Waals surface area contributed by atoms with Gasteiger partial charge in [-0.25, -0.2) is 15.0 Å². The van der Waals surface area contributed by atoms with E-state index in [4.69, 9.17) is 0 Å². The predicted octanol–water partition coefficient (Wildman–Crippen LogP) is 2.86. The van der Waals surface area contributed by atoms with Crippen LogP contribution in [0.1, 0.15) is 17.1 Å². The number of pyridine rings is 1. The summed E-state index contributed by atoms with van der Waals surface area (Å²) in [5, 5.41) is 3.24. The molecule has 17 heavy (non-hydrogen) atoms. The van der Waals surface area contributed by atoms with Gasteiger partial charge >= 0.3 is 0 Å². The van der Waals surface area contributed by atoms with Crippen molar-refractivity contribution >= 4 is 21.7 Å². The molecule has 0 saturated heterocycles. The van der Waals surface area contributed by atoms with Crippen molar-refractivity contribution in [3.63, 3.8) is 0 Å². The second kappa shape index (κ2) is 5.23. The van der Waals surface area contributed by atoms with Crippen LogP contribution < -0.4 is 5.32 Å². The third-order valence-electron chi connectivity index (χ3n) is 2.25. The van der Waals surface area contributed by atoms with E-state index in [9.17, 15) is 0 Å². The molecule has 0 aromatic carbocycles. The molecule has 0 spiro atoms. The largest absolute Gasteiger partial charge is 0.363 e. The van der Waals surface area contributed by atoms with Crippen molar-refractivity contribution in [3.8, 4) is 0 Å². The van der Waals surface area contributed by atoms with Crippen LogP contribution in [0.15, 0.2) is 29.0 Å². The van der Waals surface area contributed by atoms with Gasteiger partial charge in [0.25, 0.3) is 0 Å². The van der Waals surface area contributed by atoms with Crippen LogP contribution in [0.3, 0.4) is 0 Å². The molecule has 0 fully saturated rings. The molecule has 0 bridgehead atoms. The Morgan fingerprint density at radius 1 is 1.29 bits per heavy atom. The molecule has 0 atom stereocenters. The normalized spacial score (nSPS) is 10.3. The number of anilines is 1. The van der Waals surface area contributed by atoms with E-state index in [1.54, 1.807) is 6.20 Å². The molecule has 88 valence electrons. The lowest BCUT2D eigenvalue weighted by Gasteiger charge is -2.07. The van der Waals surface area contributed by atoms with Crippen LogP contribution in [0.2, 0.25) is 0 Å². The number of rotatable bonds is 3. The van der Waals surface area contributed by atoms with Gasteiger partial charge in [-0.15, -0.1) is 0 Å². The smallest absolute Gasteiger partial charge is 0.140 e. The fraction of sp³-hybridized carbons (Fsp3) is 0.250. The van der Waals surface area contributed by atoms with Gasteiger partial charge in [0.05, 0.1) is 16.7 Å². The first kappa shape index (κ1) is 12.0. The second-order valence-electron chi connectivity index (χ2n) is 3.79. The number of nitrogens with one attached hydrogen (secondary N) is 1. The number of aryl methyl sites for hydroxylation is 2. The molecule has 0 unspecified atom stereocenters. The van der Waals surface area contributed by atoms with Crippen LogP contribution in [0.4, 0.5) is 5.82 Å². The average molecular weight is 293 g/mol. The molecule has 0 aliphatic heterocycles. The van der Waals surface area contributed by atoms with Crippen molar-refractivity contribution in [2.24, 2.45) is 0 Å². The molecule has 0 aliphatic carbocycles. The van der Waals surface area contributed by atoms with E-state index in [0.717, 1.165) is 27.4 Å². The van der Waals surface area contributed by atoms with Gasteiger partial charge < -0.3 is 5.32 Å². The molecule has 2 aromatic rings. The van der Waals surface area contributed by atoms with Crippen LogP contribution >= 0.6 is 15.9 Å². The molecule has 4 nitrogen and oxygen atoms in total. The molecular weight excluding hydrogens is 280 g/mol. The third kappa shape index (κ3) is 3.23. The number of hydrogen-bond donors (Lipinski definition) is 1. The quantitative estimate of drug-likeness (QED) is 0.945. The van der Waals surface area contributed by atoms with Crippen molar-refractivity contribution in [1.29, 1.82) is 0 Å². The summed E-state index contributed by atoms with van der Waals surface area (Å²) in [5.41, 5.74) is 2.08. The van der Waals surface area contributed by atoms with Crippen molar-refractivity contribution in [1.82, 2.24) is 15.0 Å². The lowest BCUT2D eigenvalue weighted by atomic mass is 10.3. The van der Waals surface area contributed by atoms with E-state index < -0.39 is 0 Å². The van der Waals surface area contributed by atoms with Gasteiger partial charge in [-0.3, -0.25) is 0 Å². The van der Waals surface area contributed by atoms with Crippen LogP contribution in [-0.4, -0.2) is 15.0 Å². The van der Waals surface area contributed by atoms with Gasteiger partial charge in [0, 0.05) is 12.4 Å². The summed E-state index contributed by atoms with van der Waals surface area (Å²) in [6.45, 7) is 4.52. The van der Waals surface area contributed by atoms with Crippen molar-refractivity contribution < 1.29 is 0 Å². The zero-order chi connectivity index (χ0) is 12.3. The van der Waals surface area contributed by atoms with Gasteiger partial charge in [0.2, 0.25) is 0 Å². The number of nitrogens with zero attached hydrogens (tertiary/aromatic N) is 3. The van der Waals surface area contributed by atoms with E-state index in [1.165, 1.54) is 0 Å². The Balaban J connectivity index is 2.07. The van der Waals surface area contributed by atoms with Crippen LogP contribution in [0.25, 0.3) is 0 Å². The summed E-state index contributed by atoms with van der Waals surface area (Å²) in [5.74, 6) is 1.60. The number of halogens is 1. The monoisotopic (exact) mass is 292 g/mol. The van der Waals surface area contributed by atoms with Gasteiger partial charge in [0.1, 0.15) is 11.6 Å². The highest BCUT2D eigenvalue weighted by atomic mass is 79.9. The Kier molecular flexibility index (Phi) is 3.68. The molecule has 0 saturated carbocycles. The van der Waals surface area contributed by atoms with Crippen LogP contribution in [-0.2, 0) is 6.54 Å². The maximum absolute atomic E-state index is 4.32. The highest BCUT2D eigenvalue weighted by Crippen LogP contribution is 2.20. The molecule has 2 aromatic heterocycles. The summed E-state index contributed by atoms with van der Waals surface area (Å²) in [4.78, 5) is 12.7. The topological polar surface area (TPSA) is 50.7 Å². The Morgan fingerprint density at radius 2 is 2.12 bits per heavy atom. The fourth-order valence-electron chi connectivity index (χ4n) is 1.44. The van der Waals surface area contributed by atoms with Gasteiger partial charge in [-0.2, -0.15) is 0 Å². The Hall–Kier alpha value is -1.49. The zero-order valence-corrected chi connectivity index (χ0v) is 11.3. The number of aromatic nitrogens is 3. The molecule has 0 amide bonds. The first-order chi connectivity index (χ1) is 8.15. The molecule has 2 rings (SSSR count). The Morgan fingerprint density at radius 3 is 2.82 bits per heavy atom. The maximum Gasteiger partial charge on any atom is 0.140 e. The molecule has 0 aliphatic rings. The number of hydrogen-bond acceptors (Lipinski definition) is 4.